The number of aromatic nitrogens is 3. The van der Waals surface area contributed by atoms with Crippen molar-refractivity contribution < 1.29 is 14.3 Å². The van der Waals surface area contributed by atoms with E-state index in [4.69, 9.17) is 22.1 Å². The lowest BCUT2D eigenvalue weighted by molar-refractivity contribution is 0.0593. The maximum atomic E-state index is 13.2. The summed E-state index contributed by atoms with van der Waals surface area (Å²) in [4.78, 5) is 29.5. The Kier molecular flexibility index (Phi) is 6.71. The van der Waals surface area contributed by atoms with Crippen LogP contribution in [0.2, 0.25) is 5.02 Å². The predicted molar refractivity (Wildman–Crippen MR) is 131 cm³/mol. The summed E-state index contributed by atoms with van der Waals surface area (Å²) in [5.41, 5.74) is 9.57. The van der Waals surface area contributed by atoms with Crippen molar-refractivity contribution in [2.45, 2.75) is 6.92 Å². The molecule has 1 amide bonds. The van der Waals surface area contributed by atoms with Gasteiger partial charge in [-0.05, 0) is 49.9 Å². The Morgan fingerprint density at radius 1 is 1.15 bits per heavy atom. The number of amides is 1. The number of hydrogen-bond donors (Lipinski definition) is 2. The summed E-state index contributed by atoms with van der Waals surface area (Å²) in [6.07, 6.45) is 1.47. The van der Waals surface area contributed by atoms with Gasteiger partial charge in [0.15, 0.2) is 5.69 Å². The topological polar surface area (TPSA) is 119 Å². The van der Waals surface area contributed by atoms with Gasteiger partial charge in [0.05, 0.1) is 41.0 Å². The Hall–Kier alpha value is -3.63. The van der Waals surface area contributed by atoms with Crippen molar-refractivity contribution in [1.82, 2.24) is 19.9 Å². The molecule has 1 aliphatic rings. The van der Waals surface area contributed by atoms with Crippen molar-refractivity contribution >= 4 is 40.5 Å². The van der Waals surface area contributed by atoms with Crippen molar-refractivity contribution in [2.24, 2.45) is 0 Å². The summed E-state index contributed by atoms with van der Waals surface area (Å²) >= 11 is 6.41. The van der Waals surface area contributed by atoms with Gasteiger partial charge in [-0.1, -0.05) is 16.8 Å². The fourth-order valence-corrected chi connectivity index (χ4v) is 4.03. The molecule has 1 saturated heterocycles. The van der Waals surface area contributed by atoms with E-state index in [1.165, 1.54) is 18.0 Å². The number of methoxy groups -OCH3 is 1. The van der Waals surface area contributed by atoms with Gasteiger partial charge in [-0.2, -0.15) is 0 Å². The number of halogens is 1. The zero-order valence-electron chi connectivity index (χ0n) is 19.2. The number of nitrogens with two attached hydrogens (primary N) is 1. The molecule has 3 N–H and O–H groups in total. The number of rotatable bonds is 5. The van der Waals surface area contributed by atoms with Crippen LogP contribution in [-0.2, 0) is 4.74 Å². The molecule has 0 spiro atoms. The van der Waals surface area contributed by atoms with E-state index in [1.54, 1.807) is 25.1 Å². The number of esters is 1. The number of nitrogens with one attached hydrogen (secondary N) is 1. The molecular formula is C23H26ClN7O3. The fraction of sp³-hybridized carbons (Fsp3) is 0.304. The summed E-state index contributed by atoms with van der Waals surface area (Å²) in [7, 11) is 3.36. The average Bonchev–Trinajstić information content (AvgIpc) is 3.32. The van der Waals surface area contributed by atoms with Gasteiger partial charge in [0.2, 0.25) is 0 Å². The van der Waals surface area contributed by atoms with Crippen LogP contribution < -0.4 is 16.0 Å². The first kappa shape index (κ1) is 23.5. The van der Waals surface area contributed by atoms with Gasteiger partial charge in [0.1, 0.15) is 0 Å². The van der Waals surface area contributed by atoms with Crippen molar-refractivity contribution in [1.29, 1.82) is 0 Å². The second-order valence-corrected chi connectivity index (χ2v) is 8.56. The van der Waals surface area contributed by atoms with Gasteiger partial charge in [-0.15, -0.1) is 5.10 Å². The Morgan fingerprint density at radius 2 is 1.88 bits per heavy atom. The van der Waals surface area contributed by atoms with Gasteiger partial charge in [-0.25, -0.2) is 9.48 Å². The first-order chi connectivity index (χ1) is 16.3. The zero-order valence-corrected chi connectivity index (χ0v) is 20.0. The minimum atomic E-state index is -0.583. The Balaban J connectivity index is 1.71. The molecule has 11 heteroatoms. The van der Waals surface area contributed by atoms with Crippen molar-refractivity contribution in [3.05, 3.63) is 58.4 Å². The molecule has 2 aromatic carbocycles. The number of benzene rings is 2. The van der Waals surface area contributed by atoms with Crippen molar-refractivity contribution in [3.63, 3.8) is 0 Å². The van der Waals surface area contributed by atoms with E-state index >= 15 is 0 Å². The summed E-state index contributed by atoms with van der Waals surface area (Å²) in [6.45, 7) is 5.23. The van der Waals surface area contributed by atoms with Crippen LogP contribution in [-0.4, -0.2) is 72.1 Å². The zero-order chi connectivity index (χ0) is 24.4. The van der Waals surface area contributed by atoms with E-state index < -0.39 is 5.97 Å². The molecule has 1 aromatic heterocycles. The number of piperazine rings is 1. The molecule has 3 aromatic rings. The molecule has 1 aliphatic heterocycles. The second-order valence-electron chi connectivity index (χ2n) is 8.19. The molecule has 2 heterocycles. The van der Waals surface area contributed by atoms with E-state index in [0.29, 0.717) is 27.6 Å². The van der Waals surface area contributed by atoms with Gasteiger partial charge >= 0.3 is 5.97 Å². The van der Waals surface area contributed by atoms with Gasteiger partial charge in [0, 0.05) is 31.9 Å². The highest BCUT2D eigenvalue weighted by Crippen LogP contribution is 2.31. The Morgan fingerprint density at radius 3 is 2.59 bits per heavy atom. The maximum absolute atomic E-state index is 13.2. The Labute approximate surface area is 202 Å². The number of anilines is 3. The summed E-state index contributed by atoms with van der Waals surface area (Å²) in [6, 6.07) is 8.84. The van der Waals surface area contributed by atoms with Crippen LogP contribution in [0.4, 0.5) is 17.1 Å². The first-order valence-electron chi connectivity index (χ1n) is 10.7. The second kappa shape index (κ2) is 9.70. The third-order valence-electron chi connectivity index (χ3n) is 5.75. The van der Waals surface area contributed by atoms with Crippen molar-refractivity contribution in [3.8, 4) is 5.69 Å². The van der Waals surface area contributed by atoms with E-state index in [-0.39, 0.29) is 11.6 Å². The van der Waals surface area contributed by atoms with Crippen molar-refractivity contribution in [2.75, 3.05) is 56.3 Å². The third-order valence-corrected chi connectivity index (χ3v) is 6.25. The quantitative estimate of drug-likeness (QED) is 0.420. The van der Waals surface area contributed by atoms with Crippen LogP contribution in [0.1, 0.15) is 26.4 Å². The van der Waals surface area contributed by atoms with Crippen LogP contribution >= 0.6 is 11.6 Å². The third kappa shape index (κ3) is 4.82. The fourth-order valence-electron chi connectivity index (χ4n) is 3.83. The van der Waals surface area contributed by atoms with E-state index in [1.807, 2.05) is 12.1 Å². The highest BCUT2D eigenvalue weighted by Gasteiger charge is 2.21. The SMILES string of the molecule is COC(=O)c1cn(-c2ccc(N3CCN(C)CC3)c(NC(=O)c3cc(N)cc(C)c3Cl)c2)nn1. The normalized spacial score (nSPS) is 14.2. The Bertz CT molecular complexity index is 1240. The molecule has 178 valence electrons. The molecule has 0 atom stereocenters. The predicted octanol–water partition coefficient (Wildman–Crippen LogP) is 2.60. The average molecular weight is 484 g/mol. The van der Waals surface area contributed by atoms with Crippen LogP contribution in [0.5, 0.6) is 0 Å². The van der Waals surface area contributed by atoms with E-state index in [2.05, 4.69) is 32.5 Å². The molecule has 10 nitrogen and oxygen atoms in total. The first-order valence-corrected chi connectivity index (χ1v) is 11.1. The standard InChI is InChI=1S/C23H26ClN7O3/c1-14-10-15(25)11-17(21(14)24)22(32)26-18-12-16(31-13-19(27-28-31)23(33)34-3)4-5-20(18)30-8-6-29(2)7-9-30/h4-5,10-13H,6-9,25H2,1-3H3,(H,26,32). The van der Waals surface area contributed by atoms with Crippen LogP contribution in [0, 0.1) is 6.92 Å². The van der Waals surface area contributed by atoms with Gasteiger partial charge < -0.3 is 25.6 Å². The lowest BCUT2D eigenvalue weighted by atomic mass is 10.1. The molecule has 0 bridgehead atoms. The molecule has 0 saturated carbocycles. The number of ether oxygens (including phenoxy) is 1. The maximum Gasteiger partial charge on any atom is 0.360 e. The number of carbonyl (C=O) groups is 2. The summed E-state index contributed by atoms with van der Waals surface area (Å²) in [5, 5.41) is 11.2. The molecule has 1 fully saturated rings. The summed E-state index contributed by atoms with van der Waals surface area (Å²) in [5.74, 6) is -0.956. The largest absolute Gasteiger partial charge is 0.464 e. The molecular weight excluding hydrogens is 458 g/mol. The summed E-state index contributed by atoms with van der Waals surface area (Å²) < 4.78 is 6.15. The van der Waals surface area contributed by atoms with Gasteiger partial charge in [0.25, 0.3) is 5.91 Å². The molecule has 34 heavy (non-hydrogen) atoms. The monoisotopic (exact) mass is 483 g/mol. The van der Waals surface area contributed by atoms with E-state index in [9.17, 15) is 9.59 Å². The lowest BCUT2D eigenvalue weighted by Crippen LogP contribution is -2.44. The number of likely N-dealkylation sites (N-methyl/N-ethyl adjacent to an activating group) is 1. The minimum Gasteiger partial charge on any atom is -0.464 e. The number of hydrogen-bond acceptors (Lipinski definition) is 8. The van der Waals surface area contributed by atoms with E-state index in [0.717, 1.165) is 37.4 Å². The van der Waals surface area contributed by atoms with Gasteiger partial charge in [-0.3, -0.25) is 4.79 Å². The lowest BCUT2D eigenvalue weighted by Gasteiger charge is -2.35. The van der Waals surface area contributed by atoms with Crippen LogP contribution in [0.3, 0.4) is 0 Å². The number of nitrogens with zero attached hydrogens (tertiary/aromatic N) is 5. The number of aryl methyl sites for hydroxylation is 1. The molecule has 0 aliphatic carbocycles. The molecule has 4 rings (SSSR count). The van der Waals surface area contributed by atoms with Crippen LogP contribution in [0.25, 0.3) is 5.69 Å². The minimum absolute atomic E-state index is 0.0817. The highest BCUT2D eigenvalue weighted by atomic mass is 35.5. The van der Waals surface area contributed by atoms with Crippen LogP contribution in [0.15, 0.2) is 36.5 Å². The number of carbonyl (C=O) groups excluding carboxylic acids is 2. The molecule has 0 unspecified atom stereocenters. The smallest absolute Gasteiger partial charge is 0.360 e. The highest BCUT2D eigenvalue weighted by molar-refractivity contribution is 6.35. The molecule has 0 radical (unpaired) electrons. The number of nitrogen functional groups attached to an aromatic ring is 1.